The van der Waals surface area contributed by atoms with Gasteiger partial charge in [-0.15, -0.1) is 0 Å². The third-order valence-electron chi connectivity index (χ3n) is 2.12. The van der Waals surface area contributed by atoms with Crippen molar-refractivity contribution in [3.8, 4) is 0 Å². The standard InChI is InChI=1S/C10H11N3O2/c14-6-5-13-10(15)7-9(12-13)8-3-1-2-4-11-8/h1-4,14H,5-7H2. The van der Waals surface area contributed by atoms with E-state index in [1.165, 1.54) is 5.01 Å². The van der Waals surface area contributed by atoms with Crippen LogP contribution in [0.25, 0.3) is 0 Å². The first kappa shape index (κ1) is 9.79. The van der Waals surface area contributed by atoms with E-state index in [9.17, 15) is 4.79 Å². The van der Waals surface area contributed by atoms with E-state index < -0.39 is 0 Å². The van der Waals surface area contributed by atoms with Crippen LogP contribution in [0.15, 0.2) is 29.5 Å². The lowest BCUT2D eigenvalue weighted by Gasteiger charge is -2.07. The molecule has 0 unspecified atom stereocenters. The maximum absolute atomic E-state index is 11.4. The van der Waals surface area contributed by atoms with Crippen molar-refractivity contribution in [1.29, 1.82) is 0 Å². The number of carbonyl (C=O) groups excluding carboxylic acids is 1. The van der Waals surface area contributed by atoms with Gasteiger partial charge in [0.25, 0.3) is 0 Å². The Hall–Kier alpha value is -1.75. The van der Waals surface area contributed by atoms with Crippen LogP contribution in [-0.2, 0) is 4.79 Å². The maximum atomic E-state index is 11.4. The predicted molar refractivity (Wildman–Crippen MR) is 54.2 cm³/mol. The third kappa shape index (κ3) is 2.02. The summed E-state index contributed by atoms with van der Waals surface area (Å²) in [5.41, 5.74) is 1.38. The first-order valence-corrected chi connectivity index (χ1v) is 4.71. The lowest BCUT2D eigenvalue weighted by Crippen LogP contribution is -2.23. The molecule has 1 N–H and O–H groups in total. The summed E-state index contributed by atoms with van der Waals surface area (Å²) in [6.45, 7) is 0.167. The number of aliphatic hydroxyl groups excluding tert-OH is 1. The number of aromatic nitrogens is 1. The number of hydrogen-bond acceptors (Lipinski definition) is 4. The van der Waals surface area contributed by atoms with E-state index in [0.29, 0.717) is 11.4 Å². The second kappa shape index (κ2) is 4.18. The summed E-state index contributed by atoms with van der Waals surface area (Å²) in [6, 6.07) is 5.48. The average molecular weight is 205 g/mol. The van der Waals surface area contributed by atoms with Crippen molar-refractivity contribution >= 4 is 11.6 Å². The first-order valence-electron chi connectivity index (χ1n) is 4.71. The summed E-state index contributed by atoms with van der Waals surface area (Å²) in [7, 11) is 0. The Kier molecular flexibility index (Phi) is 2.73. The highest BCUT2D eigenvalue weighted by atomic mass is 16.3. The van der Waals surface area contributed by atoms with Crippen LogP contribution >= 0.6 is 0 Å². The zero-order chi connectivity index (χ0) is 10.7. The largest absolute Gasteiger partial charge is 0.394 e. The molecule has 5 nitrogen and oxygen atoms in total. The molecular weight excluding hydrogens is 194 g/mol. The van der Waals surface area contributed by atoms with E-state index in [2.05, 4.69) is 10.1 Å². The van der Waals surface area contributed by atoms with Gasteiger partial charge in [0.2, 0.25) is 5.91 Å². The molecule has 78 valence electrons. The molecule has 1 aliphatic rings. The monoisotopic (exact) mass is 205 g/mol. The lowest BCUT2D eigenvalue weighted by atomic mass is 10.2. The molecule has 0 saturated carbocycles. The quantitative estimate of drug-likeness (QED) is 0.756. The molecule has 2 rings (SSSR count). The van der Waals surface area contributed by atoms with Crippen LogP contribution < -0.4 is 0 Å². The van der Waals surface area contributed by atoms with Gasteiger partial charge < -0.3 is 5.11 Å². The van der Waals surface area contributed by atoms with Gasteiger partial charge >= 0.3 is 0 Å². The number of amides is 1. The number of nitrogens with zero attached hydrogens (tertiary/aromatic N) is 3. The van der Waals surface area contributed by atoms with E-state index >= 15 is 0 Å². The van der Waals surface area contributed by atoms with Crippen molar-refractivity contribution in [1.82, 2.24) is 9.99 Å². The summed E-state index contributed by atoms with van der Waals surface area (Å²) in [5, 5.41) is 14.1. The number of rotatable bonds is 3. The molecule has 0 aliphatic carbocycles. The van der Waals surface area contributed by atoms with Crippen molar-refractivity contribution < 1.29 is 9.90 Å². The highest BCUT2D eigenvalue weighted by Gasteiger charge is 2.24. The minimum atomic E-state index is -0.0929. The maximum Gasteiger partial charge on any atom is 0.248 e. The number of pyridine rings is 1. The molecule has 2 heterocycles. The molecule has 1 aromatic heterocycles. The average Bonchev–Trinajstić information content (AvgIpc) is 2.63. The molecule has 0 aromatic carbocycles. The molecule has 15 heavy (non-hydrogen) atoms. The van der Waals surface area contributed by atoms with E-state index in [1.807, 2.05) is 18.2 Å². The smallest absolute Gasteiger partial charge is 0.248 e. The summed E-state index contributed by atoms with van der Waals surface area (Å²) < 4.78 is 0. The van der Waals surface area contributed by atoms with Crippen molar-refractivity contribution in [3.05, 3.63) is 30.1 Å². The van der Waals surface area contributed by atoms with E-state index in [1.54, 1.807) is 6.20 Å². The fraction of sp³-hybridized carbons (Fsp3) is 0.300. The molecule has 0 atom stereocenters. The van der Waals surface area contributed by atoms with E-state index in [0.717, 1.165) is 0 Å². The van der Waals surface area contributed by atoms with Crippen LogP contribution in [-0.4, -0.2) is 39.9 Å². The Morgan fingerprint density at radius 1 is 1.47 bits per heavy atom. The molecule has 0 saturated heterocycles. The molecule has 0 spiro atoms. The topological polar surface area (TPSA) is 65.8 Å². The number of hydrogen-bond donors (Lipinski definition) is 1. The Morgan fingerprint density at radius 2 is 2.33 bits per heavy atom. The van der Waals surface area contributed by atoms with Gasteiger partial charge in [-0.1, -0.05) is 6.07 Å². The van der Waals surface area contributed by atoms with Crippen LogP contribution in [0, 0.1) is 0 Å². The van der Waals surface area contributed by atoms with Crippen molar-refractivity contribution in [2.75, 3.05) is 13.2 Å². The second-order valence-electron chi connectivity index (χ2n) is 3.18. The molecule has 1 aliphatic heterocycles. The molecule has 0 bridgehead atoms. The summed E-state index contributed by atoms with van der Waals surface area (Å²) in [6.07, 6.45) is 1.92. The third-order valence-corrected chi connectivity index (χ3v) is 2.12. The van der Waals surface area contributed by atoms with Crippen LogP contribution in [0.3, 0.4) is 0 Å². The Bertz CT molecular complexity index is 389. The highest BCUT2D eigenvalue weighted by molar-refractivity contribution is 6.12. The van der Waals surface area contributed by atoms with Gasteiger partial charge in [-0.05, 0) is 12.1 Å². The second-order valence-corrected chi connectivity index (χ2v) is 3.18. The fourth-order valence-corrected chi connectivity index (χ4v) is 1.42. The van der Waals surface area contributed by atoms with Crippen molar-refractivity contribution in [2.24, 2.45) is 5.10 Å². The van der Waals surface area contributed by atoms with Crippen LogP contribution in [0.1, 0.15) is 12.1 Å². The molecule has 1 amide bonds. The van der Waals surface area contributed by atoms with Gasteiger partial charge in [0.1, 0.15) is 0 Å². The van der Waals surface area contributed by atoms with Crippen molar-refractivity contribution in [2.45, 2.75) is 6.42 Å². The van der Waals surface area contributed by atoms with Crippen LogP contribution in [0.4, 0.5) is 0 Å². The van der Waals surface area contributed by atoms with E-state index in [-0.39, 0.29) is 25.5 Å². The van der Waals surface area contributed by atoms with Gasteiger partial charge in [-0.25, -0.2) is 5.01 Å². The van der Waals surface area contributed by atoms with Gasteiger partial charge in [0.15, 0.2) is 0 Å². The molecule has 0 fully saturated rings. The zero-order valence-corrected chi connectivity index (χ0v) is 8.13. The zero-order valence-electron chi connectivity index (χ0n) is 8.13. The number of β-amino-alcohol motifs (C(OH)–C–C–N with tert-alkyl or cyclic N) is 1. The SMILES string of the molecule is O=C1CC(c2ccccn2)=NN1CCO. The summed E-state index contributed by atoms with van der Waals surface area (Å²) in [4.78, 5) is 15.5. The predicted octanol–water partition coefficient (Wildman–Crippen LogP) is 0.0103. The molecular formula is C10H11N3O2. The number of carbonyl (C=O) groups is 1. The first-order chi connectivity index (χ1) is 7.31. The number of aliphatic hydroxyl groups is 1. The normalized spacial score (nSPS) is 15.7. The Balaban J connectivity index is 2.19. The minimum absolute atomic E-state index is 0.0786. The lowest BCUT2D eigenvalue weighted by molar-refractivity contribution is -0.129. The number of hydrazone groups is 1. The van der Waals surface area contributed by atoms with Gasteiger partial charge in [0.05, 0.1) is 31.0 Å². The van der Waals surface area contributed by atoms with Crippen LogP contribution in [0.5, 0.6) is 0 Å². The molecule has 5 heteroatoms. The molecule has 1 aromatic rings. The fourth-order valence-electron chi connectivity index (χ4n) is 1.42. The van der Waals surface area contributed by atoms with E-state index in [4.69, 9.17) is 5.11 Å². The van der Waals surface area contributed by atoms with Crippen LogP contribution in [0.2, 0.25) is 0 Å². The Labute approximate surface area is 87.1 Å². The Morgan fingerprint density at radius 3 is 3.00 bits per heavy atom. The van der Waals surface area contributed by atoms with Gasteiger partial charge in [-0.2, -0.15) is 5.10 Å². The summed E-state index contributed by atoms with van der Waals surface area (Å²) >= 11 is 0. The van der Waals surface area contributed by atoms with Crippen molar-refractivity contribution in [3.63, 3.8) is 0 Å². The summed E-state index contributed by atoms with van der Waals surface area (Å²) in [5.74, 6) is -0.0929. The highest BCUT2D eigenvalue weighted by Crippen LogP contribution is 2.12. The van der Waals surface area contributed by atoms with Gasteiger partial charge in [-0.3, -0.25) is 9.78 Å². The minimum Gasteiger partial charge on any atom is -0.394 e. The van der Waals surface area contributed by atoms with Gasteiger partial charge in [0, 0.05) is 6.20 Å². The molecule has 0 radical (unpaired) electrons.